The van der Waals surface area contributed by atoms with Crippen molar-refractivity contribution < 1.29 is 33.8 Å². The summed E-state index contributed by atoms with van der Waals surface area (Å²) in [4.78, 5) is 16.2. The number of aromatic nitrogens is 1. The summed E-state index contributed by atoms with van der Waals surface area (Å²) in [6.45, 7) is 0.450. The molecule has 0 radical (unpaired) electrons. The van der Waals surface area contributed by atoms with Gasteiger partial charge in [-0.25, -0.2) is 9.78 Å². The largest absolute Gasteiger partial charge is 0.504 e. The number of nitrogens with one attached hydrogen (secondary N) is 2. The summed E-state index contributed by atoms with van der Waals surface area (Å²) >= 11 is 12.8. The lowest BCUT2D eigenvalue weighted by Gasteiger charge is -2.20. The highest BCUT2D eigenvalue weighted by Crippen LogP contribution is 2.36. The number of phenols is 1. The van der Waals surface area contributed by atoms with Gasteiger partial charge in [0.25, 0.3) is 0 Å². The second kappa shape index (κ2) is 13.3. The van der Waals surface area contributed by atoms with Crippen molar-refractivity contribution in [3.8, 4) is 23.0 Å². The highest BCUT2D eigenvalue weighted by Gasteiger charge is 2.24. The number of phenolic OH excluding ortho intramolecular Hbond substituents is 1. The predicted molar refractivity (Wildman–Crippen MR) is 153 cm³/mol. The Morgan fingerprint density at radius 2 is 1.62 bits per heavy atom. The standard InChI is InChI=1S/C30H28Cl2N2O6/c1-37-26-12-11-20(13-28(26)38-2)27(14-21-22(31)16-33-17-23(21)32)40-30(36)19-9-7-18(8-10-19)15-34-24-5-4-6-25(35)29(24)39-3/h4-13,16-17,27,34-35H,14-15H2,1-3H3/p+1/t27-/m0/s1. The van der Waals surface area contributed by atoms with Crippen molar-refractivity contribution >= 4 is 34.9 Å². The number of halogens is 2. The lowest BCUT2D eigenvalue weighted by molar-refractivity contribution is -0.377. The average Bonchev–Trinajstić information content (AvgIpc) is 2.97. The molecule has 0 aliphatic rings. The number of carbonyl (C=O) groups excluding carboxylic acids is 1. The van der Waals surface area contributed by atoms with Crippen LogP contribution in [0.2, 0.25) is 10.0 Å². The molecule has 0 spiro atoms. The number of pyridine rings is 1. The number of hydrogen-bond donors (Lipinski definition) is 2. The normalized spacial score (nSPS) is 11.4. The van der Waals surface area contributed by atoms with Crippen LogP contribution in [0.15, 0.2) is 73.1 Å². The maximum Gasteiger partial charge on any atom is 0.338 e. The van der Waals surface area contributed by atoms with Crippen LogP contribution in [0.5, 0.6) is 23.0 Å². The Kier molecular flexibility index (Phi) is 9.58. The zero-order valence-electron chi connectivity index (χ0n) is 22.2. The van der Waals surface area contributed by atoms with Gasteiger partial charge in [-0.05, 0) is 47.5 Å². The van der Waals surface area contributed by atoms with Crippen LogP contribution < -0.4 is 24.5 Å². The summed E-state index contributed by atoms with van der Waals surface area (Å²) in [5.74, 6) is 0.948. The molecule has 1 heterocycles. The number of esters is 1. The smallest absolute Gasteiger partial charge is 0.338 e. The Morgan fingerprint density at radius 1 is 0.925 bits per heavy atom. The van der Waals surface area contributed by atoms with Crippen molar-refractivity contribution in [2.24, 2.45) is 0 Å². The lowest BCUT2D eigenvalue weighted by atomic mass is 10.0. The summed E-state index contributed by atoms with van der Waals surface area (Å²) < 4.78 is 22.1. The zero-order valence-corrected chi connectivity index (χ0v) is 23.7. The molecule has 208 valence electrons. The van der Waals surface area contributed by atoms with Crippen LogP contribution in [0, 0.1) is 0 Å². The van der Waals surface area contributed by atoms with E-state index in [-0.39, 0.29) is 12.2 Å². The van der Waals surface area contributed by atoms with Gasteiger partial charge in [-0.15, -0.1) is 0 Å². The highest BCUT2D eigenvalue weighted by atomic mass is 35.5. The van der Waals surface area contributed by atoms with Gasteiger partial charge in [0, 0.05) is 18.5 Å². The number of hydrogen-bond acceptors (Lipinski definition) is 7. The molecule has 3 aromatic carbocycles. The Hall–Kier alpha value is -4.14. The highest BCUT2D eigenvalue weighted by molar-refractivity contribution is 6.35. The van der Waals surface area contributed by atoms with Gasteiger partial charge in [0.05, 0.1) is 32.6 Å². The van der Waals surface area contributed by atoms with Gasteiger partial charge in [-0.1, -0.05) is 47.5 Å². The molecule has 0 fully saturated rings. The fourth-order valence-electron chi connectivity index (χ4n) is 4.17. The van der Waals surface area contributed by atoms with Gasteiger partial charge in [0.15, 0.2) is 35.4 Å². The number of benzene rings is 3. The second-order valence-electron chi connectivity index (χ2n) is 8.75. The summed E-state index contributed by atoms with van der Waals surface area (Å²) in [6.07, 6.45) is 2.76. The first kappa shape index (κ1) is 28.9. The first-order chi connectivity index (χ1) is 19.3. The van der Waals surface area contributed by atoms with E-state index in [9.17, 15) is 9.90 Å². The Bertz CT molecular complexity index is 1460. The fourth-order valence-corrected chi connectivity index (χ4v) is 4.70. The number of ether oxygens (including phenoxy) is 4. The topological polar surface area (TPSA) is 100 Å². The number of carbonyl (C=O) groups is 1. The molecule has 0 amide bonds. The van der Waals surface area contributed by atoms with Crippen molar-refractivity contribution in [1.82, 2.24) is 0 Å². The SMILES string of the molecule is COc1ccc([C@H](Cc2c(Cl)c[nH+]cc2Cl)OC(=O)c2ccc(CNc3cccc(O)c3OC)cc2)cc1OC. The molecule has 0 saturated carbocycles. The number of para-hydroxylation sites is 1. The molecule has 4 rings (SSSR count). The fraction of sp³-hybridized carbons (Fsp3) is 0.200. The minimum Gasteiger partial charge on any atom is -0.504 e. The van der Waals surface area contributed by atoms with E-state index in [0.717, 1.165) is 5.56 Å². The third-order valence-corrected chi connectivity index (χ3v) is 6.96. The number of aromatic amines is 1. The van der Waals surface area contributed by atoms with Crippen LogP contribution in [0.4, 0.5) is 5.69 Å². The molecule has 10 heteroatoms. The number of anilines is 1. The molecule has 1 atom stereocenters. The van der Waals surface area contributed by atoms with Crippen LogP contribution in [0.1, 0.15) is 33.2 Å². The molecule has 0 aliphatic carbocycles. The molecule has 4 aromatic rings. The molecule has 0 unspecified atom stereocenters. The van der Waals surface area contributed by atoms with E-state index in [1.165, 1.54) is 14.2 Å². The predicted octanol–water partition coefficient (Wildman–Crippen LogP) is 6.29. The second-order valence-corrected chi connectivity index (χ2v) is 9.57. The van der Waals surface area contributed by atoms with E-state index < -0.39 is 12.1 Å². The molecule has 0 saturated heterocycles. The molecule has 3 N–H and O–H groups in total. The average molecular weight is 584 g/mol. The van der Waals surface area contributed by atoms with Crippen LogP contribution in [0.3, 0.4) is 0 Å². The van der Waals surface area contributed by atoms with E-state index in [4.69, 9.17) is 42.1 Å². The summed E-state index contributed by atoms with van der Waals surface area (Å²) in [6, 6.07) is 17.4. The quantitative estimate of drug-likeness (QED) is 0.200. The van der Waals surface area contributed by atoms with Gasteiger partial charge >= 0.3 is 5.97 Å². The van der Waals surface area contributed by atoms with E-state index in [1.807, 2.05) is 18.2 Å². The third kappa shape index (κ3) is 6.70. The molecule has 40 heavy (non-hydrogen) atoms. The number of rotatable bonds is 11. The van der Waals surface area contributed by atoms with Crippen molar-refractivity contribution in [1.29, 1.82) is 0 Å². The molecule has 0 bridgehead atoms. The molecule has 8 nitrogen and oxygen atoms in total. The molecule has 1 aromatic heterocycles. The van der Waals surface area contributed by atoms with Crippen LogP contribution in [-0.2, 0) is 17.7 Å². The minimum atomic E-state index is -0.718. The van der Waals surface area contributed by atoms with Gasteiger partial charge in [-0.2, -0.15) is 0 Å². The summed E-state index contributed by atoms with van der Waals surface area (Å²) in [5, 5.41) is 14.1. The van der Waals surface area contributed by atoms with Crippen molar-refractivity contribution in [2.75, 3.05) is 26.6 Å². The molecule has 0 aliphatic heterocycles. The van der Waals surface area contributed by atoms with Gasteiger partial charge in [0.1, 0.15) is 16.1 Å². The molecular weight excluding hydrogens is 555 g/mol. The Balaban J connectivity index is 1.54. The van der Waals surface area contributed by atoms with Gasteiger partial charge < -0.3 is 29.4 Å². The maximum atomic E-state index is 13.3. The Labute approximate surface area is 242 Å². The lowest BCUT2D eigenvalue weighted by Crippen LogP contribution is -2.16. The van der Waals surface area contributed by atoms with Crippen LogP contribution in [-0.4, -0.2) is 32.4 Å². The first-order valence-corrected chi connectivity index (χ1v) is 13.1. The van der Waals surface area contributed by atoms with Crippen molar-refractivity contribution in [3.05, 3.63) is 105 Å². The number of methoxy groups -OCH3 is 3. The van der Waals surface area contributed by atoms with Gasteiger partial charge in [0.2, 0.25) is 0 Å². The monoisotopic (exact) mass is 583 g/mol. The van der Waals surface area contributed by atoms with E-state index in [1.54, 1.807) is 62.0 Å². The van der Waals surface area contributed by atoms with E-state index >= 15 is 0 Å². The first-order valence-electron chi connectivity index (χ1n) is 12.3. The minimum absolute atomic E-state index is 0.0471. The van der Waals surface area contributed by atoms with Crippen molar-refractivity contribution in [3.63, 3.8) is 0 Å². The Morgan fingerprint density at radius 3 is 2.27 bits per heavy atom. The van der Waals surface area contributed by atoms with Crippen LogP contribution in [0.25, 0.3) is 0 Å². The number of aromatic hydroxyl groups is 1. The summed E-state index contributed by atoms with van der Waals surface area (Å²) in [5.41, 5.74) is 3.27. The van der Waals surface area contributed by atoms with Gasteiger partial charge in [-0.3, -0.25) is 0 Å². The van der Waals surface area contributed by atoms with Crippen LogP contribution >= 0.6 is 23.2 Å². The van der Waals surface area contributed by atoms with E-state index in [0.29, 0.717) is 56.2 Å². The summed E-state index contributed by atoms with van der Waals surface area (Å²) in [7, 11) is 4.58. The molecular formula is C30H29Cl2N2O6+. The maximum absolute atomic E-state index is 13.3. The number of H-pyrrole nitrogens is 1. The van der Waals surface area contributed by atoms with Crippen molar-refractivity contribution in [2.45, 2.75) is 19.1 Å². The third-order valence-electron chi connectivity index (χ3n) is 6.29. The zero-order chi connectivity index (χ0) is 28.6. The van der Waals surface area contributed by atoms with E-state index in [2.05, 4.69) is 10.3 Å².